The summed E-state index contributed by atoms with van der Waals surface area (Å²) in [6.07, 6.45) is 5.99. The summed E-state index contributed by atoms with van der Waals surface area (Å²) in [7, 11) is 0. The lowest BCUT2D eigenvalue weighted by molar-refractivity contribution is -0.117. The van der Waals surface area contributed by atoms with Crippen LogP contribution in [0.1, 0.15) is 44.6 Å². The number of nitrogens with one attached hydrogen (secondary N) is 1. The molecule has 2 rings (SSSR count). The fourth-order valence-electron chi connectivity index (χ4n) is 2.67. The quantitative estimate of drug-likeness (QED) is 0.842. The molecule has 1 heterocycles. The molecule has 0 aliphatic carbocycles. The van der Waals surface area contributed by atoms with E-state index in [4.69, 9.17) is 5.73 Å². The van der Waals surface area contributed by atoms with E-state index in [1.807, 2.05) is 19.1 Å². The third kappa shape index (κ3) is 7.53. The molecule has 1 atom stereocenters. The summed E-state index contributed by atoms with van der Waals surface area (Å²) in [4.78, 5) is 14.3. The summed E-state index contributed by atoms with van der Waals surface area (Å²) in [5.74, 6) is -0.113. The van der Waals surface area contributed by atoms with E-state index in [-0.39, 0.29) is 30.7 Å². The Bertz CT molecular complexity index is 446. The number of hydrogen-bond donors (Lipinski definition) is 2. The highest BCUT2D eigenvalue weighted by Gasteiger charge is 2.12. The van der Waals surface area contributed by atoms with Gasteiger partial charge in [-0.25, -0.2) is 0 Å². The number of likely N-dealkylation sites (tertiary alicyclic amines) is 1. The van der Waals surface area contributed by atoms with Crippen LogP contribution in [0.25, 0.3) is 0 Å². The van der Waals surface area contributed by atoms with Crippen LogP contribution in [0.3, 0.4) is 0 Å². The number of benzene rings is 1. The van der Waals surface area contributed by atoms with E-state index in [0.29, 0.717) is 6.42 Å². The van der Waals surface area contributed by atoms with Gasteiger partial charge in [-0.05, 0) is 50.0 Å². The van der Waals surface area contributed by atoms with Gasteiger partial charge >= 0.3 is 0 Å². The zero-order valence-corrected chi connectivity index (χ0v) is 15.4. The molecule has 1 saturated heterocycles. The Kier molecular flexibility index (Phi) is 11.3. The first-order valence-corrected chi connectivity index (χ1v) is 8.07. The number of nitrogens with two attached hydrogens (primary N) is 1. The van der Waals surface area contributed by atoms with Crippen LogP contribution >= 0.6 is 24.8 Å². The fourth-order valence-corrected chi connectivity index (χ4v) is 2.67. The summed E-state index contributed by atoms with van der Waals surface area (Å²) in [6, 6.07) is 7.69. The van der Waals surface area contributed by atoms with Crippen LogP contribution in [0, 0.1) is 0 Å². The van der Waals surface area contributed by atoms with Crippen molar-refractivity contribution in [1.82, 2.24) is 4.90 Å². The van der Waals surface area contributed by atoms with Crippen molar-refractivity contribution in [2.75, 3.05) is 18.4 Å². The van der Waals surface area contributed by atoms with E-state index in [0.717, 1.165) is 12.2 Å². The molecule has 1 aliphatic rings. The molecule has 132 valence electrons. The van der Waals surface area contributed by atoms with E-state index in [1.165, 1.54) is 44.3 Å². The van der Waals surface area contributed by atoms with E-state index < -0.39 is 6.04 Å². The normalized spacial score (nSPS) is 16.4. The number of halogens is 2. The average Bonchev–Trinajstić information content (AvgIpc) is 2.77. The van der Waals surface area contributed by atoms with Gasteiger partial charge in [0.1, 0.15) is 0 Å². The summed E-state index contributed by atoms with van der Waals surface area (Å²) < 4.78 is 0. The molecule has 0 unspecified atom stereocenters. The number of hydrogen-bond acceptors (Lipinski definition) is 3. The van der Waals surface area contributed by atoms with Crippen molar-refractivity contribution in [2.24, 2.45) is 5.73 Å². The van der Waals surface area contributed by atoms with Crippen LogP contribution in [0.5, 0.6) is 0 Å². The molecule has 1 fully saturated rings. The van der Waals surface area contributed by atoms with Crippen LogP contribution in [0.15, 0.2) is 24.3 Å². The topological polar surface area (TPSA) is 58.4 Å². The number of carbonyl (C=O) groups excluding carboxylic acids is 1. The minimum Gasteiger partial charge on any atom is -0.325 e. The molecule has 0 bridgehead atoms. The second-order valence-electron chi connectivity index (χ2n) is 5.89. The Balaban J connectivity index is 0.00000242. The maximum Gasteiger partial charge on any atom is 0.241 e. The zero-order chi connectivity index (χ0) is 15.1. The summed E-state index contributed by atoms with van der Waals surface area (Å²) in [5.41, 5.74) is 7.84. The first-order chi connectivity index (χ1) is 10.2. The number of rotatable bonds is 5. The number of nitrogens with zero attached hydrogens (tertiary/aromatic N) is 1. The first kappa shape index (κ1) is 22.2. The molecule has 0 spiro atoms. The SMILES string of the molecule is CC[C@H](N)C(=O)Nc1ccc(CN2CCCCCC2)cc1.Cl.Cl. The van der Waals surface area contributed by atoms with Gasteiger partial charge in [-0.2, -0.15) is 0 Å². The standard InChI is InChI=1S/C17H27N3O.2ClH/c1-2-16(18)17(21)19-15-9-7-14(8-10-15)13-20-11-5-3-4-6-12-20;;/h7-10,16H,2-6,11-13,18H2,1H3,(H,19,21);2*1H/t16-;;/m0../s1. The van der Waals surface area contributed by atoms with Crippen molar-refractivity contribution in [2.45, 2.75) is 51.6 Å². The summed E-state index contributed by atoms with van der Waals surface area (Å²) >= 11 is 0. The van der Waals surface area contributed by atoms with Gasteiger partial charge in [0.2, 0.25) is 5.91 Å². The molecular formula is C17H29Cl2N3O. The minimum absolute atomic E-state index is 0. The maximum atomic E-state index is 11.7. The van der Waals surface area contributed by atoms with Gasteiger partial charge in [0.15, 0.2) is 0 Å². The second kappa shape index (κ2) is 11.7. The minimum atomic E-state index is -0.429. The van der Waals surface area contributed by atoms with E-state index in [2.05, 4.69) is 22.3 Å². The van der Waals surface area contributed by atoms with E-state index in [9.17, 15) is 4.79 Å². The Labute approximate surface area is 152 Å². The summed E-state index contributed by atoms with van der Waals surface area (Å²) in [6.45, 7) is 5.31. The van der Waals surface area contributed by atoms with Crippen LogP contribution in [0.2, 0.25) is 0 Å². The highest BCUT2D eigenvalue weighted by Crippen LogP contribution is 2.15. The van der Waals surface area contributed by atoms with Gasteiger partial charge in [0, 0.05) is 12.2 Å². The monoisotopic (exact) mass is 361 g/mol. The predicted molar refractivity (Wildman–Crippen MR) is 102 cm³/mol. The number of amides is 1. The number of anilines is 1. The Hall–Kier alpha value is -0.810. The molecule has 1 aliphatic heterocycles. The average molecular weight is 362 g/mol. The highest BCUT2D eigenvalue weighted by atomic mass is 35.5. The lowest BCUT2D eigenvalue weighted by Crippen LogP contribution is -2.34. The van der Waals surface area contributed by atoms with Crippen LogP contribution < -0.4 is 11.1 Å². The van der Waals surface area contributed by atoms with Gasteiger partial charge in [0.05, 0.1) is 6.04 Å². The largest absolute Gasteiger partial charge is 0.325 e. The molecule has 6 heteroatoms. The maximum absolute atomic E-state index is 11.7. The van der Waals surface area contributed by atoms with E-state index in [1.54, 1.807) is 0 Å². The van der Waals surface area contributed by atoms with Crippen molar-refractivity contribution in [1.29, 1.82) is 0 Å². The molecule has 23 heavy (non-hydrogen) atoms. The molecule has 0 aromatic heterocycles. The predicted octanol–water partition coefficient (Wildman–Crippen LogP) is 3.58. The Morgan fingerprint density at radius 3 is 2.22 bits per heavy atom. The fraction of sp³-hybridized carbons (Fsp3) is 0.588. The molecule has 1 aromatic carbocycles. The smallest absolute Gasteiger partial charge is 0.241 e. The molecule has 4 nitrogen and oxygen atoms in total. The molecule has 0 radical (unpaired) electrons. The Morgan fingerprint density at radius 2 is 1.70 bits per heavy atom. The molecular weight excluding hydrogens is 333 g/mol. The molecule has 0 saturated carbocycles. The van der Waals surface area contributed by atoms with E-state index >= 15 is 0 Å². The highest BCUT2D eigenvalue weighted by molar-refractivity contribution is 5.94. The van der Waals surface area contributed by atoms with Crippen molar-refractivity contribution < 1.29 is 4.79 Å². The lowest BCUT2D eigenvalue weighted by Gasteiger charge is -2.20. The number of carbonyl (C=O) groups is 1. The lowest BCUT2D eigenvalue weighted by atomic mass is 10.1. The van der Waals surface area contributed by atoms with Gasteiger partial charge in [-0.1, -0.05) is 31.9 Å². The van der Waals surface area contributed by atoms with Crippen LogP contribution in [-0.2, 0) is 11.3 Å². The van der Waals surface area contributed by atoms with Gasteiger partial charge < -0.3 is 11.1 Å². The van der Waals surface area contributed by atoms with Crippen molar-refractivity contribution in [3.8, 4) is 0 Å². The van der Waals surface area contributed by atoms with Crippen LogP contribution in [-0.4, -0.2) is 29.9 Å². The Morgan fingerprint density at radius 1 is 1.13 bits per heavy atom. The molecule has 3 N–H and O–H groups in total. The zero-order valence-electron chi connectivity index (χ0n) is 13.8. The summed E-state index contributed by atoms with van der Waals surface area (Å²) in [5, 5.41) is 2.86. The molecule has 1 amide bonds. The second-order valence-corrected chi connectivity index (χ2v) is 5.89. The van der Waals surface area contributed by atoms with Gasteiger partial charge in [0.25, 0.3) is 0 Å². The third-order valence-electron chi connectivity index (χ3n) is 4.10. The third-order valence-corrected chi connectivity index (χ3v) is 4.10. The van der Waals surface area contributed by atoms with Crippen molar-refractivity contribution in [3.63, 3.8) is 0 Å². The van der Waals surface area contributed by atoms with Crippen molar-refractivity contribution >= 4 is 36.4 Å². The van der Waals surface area contributed by atoms with Crippen molar-refractivity contribution in [3.05, 3.63) is 29.8 Å². The van der Waals surface area contributed by atoms with Gasteiger partial charge in [-0.15, -0.1) is 24.8 Å². The van der Waals surface area contributed by atoms with Crippen LogP contribution in [0.4, 0.5) is 5.69 Å². The van der Waals surface area contributed by atoms with Gasteiger partial charge in [-0.3, -0.25) is 9.69 Å². The molecule has 1 aromatic rings. The first-order valence-electron chi connectivity index (χ1n) is 8.07.